The number of nitrogens with one attached hydrogen (secondary N) is 1. The summed E-state index contributed by atoms with van der Waals surface area (Å²) in [6.07, 6.45) is 0.935. The SMILES string of the molecule is Cc1cc(C(=O)Nc2ccc(CCN(C)C)cc2)cc(S(=O)(=O)N(C)C)c1C. The predicted molar refractivity (Wildman–Crippen MR) is 113 cm³/mol. The molecule has 0 unspecified atom stereocenters. The van der Waals surface area contributed by atoms with Crippen LogP contribution in [-0.2, 0) is 16.4 Å². The Morgan fingerprint density at radius 3 is 2.14 bits per heavy atom. The summed E-state index contributed by atoms with van der Waals surface area (Å²) in [4.78, 5) is 15.0. The fourth-order valence-corrected chi connectivity index (χ4v) is 3.95. The summed E-state index contributed by atoms with van der Waals surface area (Å²) >= 11 is 0. The van der Waals surface area contributed by atoms with Gasteiger partial charge in [-0.15, -0.1) is 0 Å². The monoisotopic (exact) mass is 403 g/mol. The summed E-state index contributed by atoms with van der Waals surface area (Å²) in [7, 11) is 3.39. The van der Waals surface area contributed by atoms with E-state index in [0.717, 1.165) is 22.8 Å². The van der Waals surface area contributed by atoms with Crippen LogP contribution in [0, 0.1) is 13.8 Å². The number of nitrogens with zero attached hydrogens (tertiary/aromatic N) is 2. The van der Waals surface area contributed by atoms with Crippen molar-refractivity contribution in [3.63, 3.8) is 0 Å². The van der Waals surface area contributed by atoms with Gasteiger partial charge in [0.15, 0.2) is 0 Å². The highest BCUT2D eigenvalue weighted by atomic mass is 32.2. The van der Waals surface area contributed by atoms with Crippen LogP contribution in [0.4, 0.5) is 5.69 Å². The summed E-state index contributed by atoms with van der Waals surface area (Å²) in [5.74, 6) is -0.334. The molecule has 0 bridgehead atoms. The van der Waals surface area contributed by atoms with Gasteiger partial charge in [-0.3, -0.25) is 4.79 Å². The van der Waals surface area contributed by atoms with E-state index in [0.29, 0.717) is 16.8 Å². The van der Waals surface area contributed by atoms with Crippen LogP contribution in [0.5, 0.6) is 0 Å². The van der Waals surface area contributed by atoms with Gasteiger partial charge in [0.25, 0.3) is 5.91 Å². The molecular weight excluding hydrogens is 374 g/mol. The zero-order chi connectivity index (χ0) is 21.1. The van der Waals surface area contributed by atoms with Gasteiger partial charge in [-0.05, 0) is 75.3 Å². The predicted octanol–water partition coefficient (Wildman–Crippen LogP) is 2.91. The van der Waals surface area contributed by atoms with Crippen molar-refractivity contribution < 1.29 is 13.2 Å². The number of carbonyl (C=O) groups is 1. The number of sulfonamides is 1. The minimum atomic E-state index is -3.63. The first kappa shape index (κ1) is 22.1. The van der Waals surface area contributed by atoms with Gasteiger partial charge in [-0.1, -0.05) is 12.1 Å². The minimum absolute atomic E-state index is 0.154. The van der Waals surface area contributed by atoms with Crippen molar-refractivity contribution in [3.05, 3.63) is 58.7 Å². The van der Waals surface area contributed by atoms with Crippen LogP contribution in [0.25, 0.3) is 0 Å². The maximum atomic E-state index is 12.7. The molecule has 152 valence electrons. The summed E-state index contributed by atoms with van der Waals surface area (Å²) in [5, 5.41) is 2.85. The van der Waals surface area contributed by atoms with E-state index < -0.39 is 10.0 Å². The molecule has 1 amide bonds. The molecule has 0 fully saturated rings. The van der Waals surface area contributed by atoms with E-state index >= 15 is 0 Å². The van der Waals surface area contributed by atoms with E-state index in [1.165, 1.54) is 25.7 Å². The van der Waals surface area contributed by atoms with Crippen LogP contribution in [-0.4, -0.2) is 58.3 Å². The molecule has 7 heteroatoms. The molecular formula is C21H29N3O3S. The average Bonchev–Trinajstić information content (AvgIpc) is 2.62. The van der Waals surface area contributed by atoms with Crippen molar-refractivity contribution >= 4 is 21.6 Å². The number of hydrogen-bond donors (Lipinski definition) is 1. The zero-order valence-electron chi connectivity index (χ0n) is 17.4. The van der Waals surface area contributed by atoms with Crippen LogP contribution in [0.2, 0.25) is 0 Å². The van der Waals surface area contributed by atoms with Crippen molar-refractivity contribution in [3.8, 4) is 0 Å². The van der Waals surface area contributed by atoms with Crippen LogP contribution < -0.4 is 5.32 Å². The maximum absolute atomic E-state index is 12.7. The van der Waals surface area contributed by atoms with E-state index in [4.69, 9.17) is 0 Å². The highest BCUT2D eigenvalue weighted by Crippen LogP contribution is 2.24. The molecule has 0 aliphatic carbocycles. The molecule has 0 heterocycles. The smallest absolute Gasteiger partial charge is 0.255 e. The number of anilines is 1. The molecule has 0 saturated carbocycles. The Labute approximate surface area is 168 Å². The van der Waals surface area contributed by atoms with Gasteiger partial charge < -0.3 is 10.2 Å². The second kappa shape index (κ2) is 8.86. The molecule has 0 atom stereocenters. The quantitative estimate of drug-likeness (QED) is 0.772. The number of aryl methyl sites for hydroxylation is 1. The highest BCUT2D eigenvalue weighted by molar-refractivity contribution is 7.89. The van der Waals surface area contributed by atoms with Gasteiger partial charge in [0.05, 0.1) is 4.90 Å². The van der Waals surface area contributed by atoms with Gasteiger partial charge >= 0.3 is 0 Å². The Morgan fingerprint density at radius 2 is 1.61 bits per heavy atom. The third-order valence-electron chi connectivity index (χ3n) is 4.70. The van der Waals surface area contributed by atoms with Gasteiger partial charge in [0.1, 0.15) is 0 Å². The molecule has 2 aromatic carbocycles. The maximum Gasteiger partial charge on any atom is 0.255 e. The molecule has 2 rings (SSSR count). The first-order chi connectivity index (χ1) is 13.0. The Hall–Kier alpha value is -2.22. The second-order valence-corrected chi connectivity index (χ2v) is 9.53. The van der Waals surface area contributed by atoms with Crippen LogP contribution >= 0.6 is 0 Å². The normalized spacial score (nSPS) is 11.9. The number of carbonyl (C=O) groups excluding carboxylic acids is 1. The molecule has 0 aliphatic rings. The fraction of sp³-hybridized carbons (Fsp3) is 0.381. The minimum Gasteiger partial charge on any atom is -0.322 e. The number of hydrogen-bond acceptors (Lipinski definition) is 4. The van der Waals surface area contributed by atoms with E-state index in [-0.39, 0.29) is 10.8 Å². The van der Waals surface area contributed by atoms with Crippen molar-refractivity contribution in [2.24, 2.45) is 0 Å². The standard InChI is InChI=1S/C21H29N3O3S/c1-15-13-18(14-20(16(15)2)28(26,27)24(5)6)21(25)22-19-9-7-17(8-10-19)11-12-23(3)4/h7-10,13-14H,11-12H2,1-6H3,(H,22,25). The lowest BCUT2D eigenvalue weighted by atomic mass is 10.1. The third kappa shape index (κ3) is 5.19. The second-order valence-electron chi connectivity index (χ2n) is 7.41. The number of rotatable bonds is 7. The fourth-order valence-electron chi connectivity index (χ4n) is 2.73. The van der Waals surface area contributed by atoms with Crippen molar-refractivity contribution in [2.45, 2.75) is 25.2 Å². The molecule has 28 heavy (non-hydrogen) atoms. The lowest BCUT2D eigenvalue weighted by Gasteiger charge is -2.16. The summed E-state index contributed by atoms with van der Waals surface area (Å²) in [6, 6.07) is 10.9. The molecule has 6 nitrogen and oxygen atoms in total. The van der Waals surface area contributed by atoms with Gasteiger partial charge in [-0.2, -0.15) is 0 Å². The van der Waals surface area contributed by atoms with Gasteiger partial charge in [0, 0.05) is 31.9 Å². The molecule has 0 aliphatic heterocycles. The summed E-state index contributed by atoms with van der Waals surface area (Å²) < 4.78 is 26.3. The van der Waals surface area contributed by atoms with Crippen LogP contribution in [0.1, 0.15) is 27.0 Å². The Kier molecular flexibility index (Phi) is 6.98. The molecule has 0 saturated heterocycles. The zero-order valence-corrected chi connectivity index (χ0v) is 18.2. The Bertz CT molecular complexity index is 950. The third-order valence-corrected chi connectivity index (χ3v) is 6.64. The topological polar surface area (TPSA) is 69.7 Å². The molecule has 0 aromatic heterocycles. The first-order valence-electron chi connectivity index (χ1n) is 9.11. The lowest BCUT2D eigenvalue weighted by molar-refractivity contribution is 0.102. The number of benzene rings is 2. The van der Waals surface area contributed by atoms with Crippen LogP contribution in [0.15, 0.2) is 41.3 Å². The van der Waals surface area contributed by atoms with Crippen molar-refractivity contribution in [1.82, 2.24) is 9.21 Å². The molecule has 2 aromatic rings. The van der Waals surface area contributed by atoms with E-state index in [2.05, 4.69) is 10.2 Å². The lowest BCUT2D eigenvalue weighted by Crippen LogP contribution is -2.24. The van der Waals surface area contributed by atoms with Gasteiger partial charge in [-0.25, -0.2) is 12.7 Å². The summed E-state index contributed by atoms with van der Waals surface area (Å²) in [5.41, 5.74) is 3.59. The molecule has 1 N–H and O–H groups in total. The largest absolute Gasteiger partial charge is 0.322 e. The Morgan fingerprint density at radius 1 is 1.00 bits per heavy atom. The average molecular weight is 404 g/mol. The van der Waals surface area contributed by atoms with Crippen LogP contribution in [0.3, 0.4) is 0 Å². The Balaban J connectivity index is 2.24. The van der Waals surface area contributed by atoms with Crippen molar-refractivity contribution in [2.75, 3.05) is 40.1 Å². The number of amides is 1. The van der Waals surface area contributed by atoms with E-state index in [1.807, 2.05) is 38.4 Å². The number of likely N-dealkylation sites (N-methyl/N-ethyl adjacent to an activating group) is 1. The highest BCUT2D eigenvalue weighted by Gasteiger charge is 2.23. The first-order valence-corrected chi connectivity index (χ1v) is 10.5. The van der Waals surface area contributed by atoms with Crippen molar-refractivity contribution in [1.29, 1.82) is 0 Å². The van der Waals surface area contributed by atoms with E-state index in [9.17, 15) is 13.2 Å². The summed E-state index contributed by atoms with van der Waals surface area (Å²) in [6.45, 7) is 4.51. The van der Waals surface area contributed by atoms with E-state index in [1.54, 1.807) is 19.9 Å². The molecule has 0 radical (unpaired) electrons. The van der Waals surface area contributed by atoms with Gasteiger partial charge in [0.2, 0.25) is 10.0 Å². The molecule has 0 spiro atoms.